The van der Waals surface area contributed by atoms with Crippen LogP contribution in [0.25, 0.3) is 21.5 Å². The summed E-state index contributed by atoms with van der Waals surface area (Å²) in [5.74, 6) is 0.605. The van der Waals surface area contributed by atoms with Crippen LogP contribution in [0.3, 0.4) is 0 Å². The molecule has 164 valence electrons. The van der Waals surface area contributed by atoms with E-state index in [1.165, 1.54) is 11.3 Å². The molecule has 0 N–H and O–H groups in total. The molecule has 5 aromatic rings. The Labute approximate surface area is 200 Å². The van der Waals surface area contributed by atoms with Crippen LogP contribution in [0, 0.1) is 6.92 Å². The minimum Gasteiger partial charge on any atom is -0.497 e. The molecule has 0 bridgehead atoms. The number of halogens is 1. The van der Waals surface area contributed by atoms with Crippen LogP contribution < -0.4 is 4.74 Å². The van der Waals surface area contributed by atoms with Crippen molar-refractivity contribution >= 4 is 39.6 Å². The number of hydrogen-bond donors (Lipinski definition) is 0. The first-order chi connectivity index (χ1) is 16.0. The highest BCUT2D eigenvalue weighted by Gasteiger charge is 2.24. The third kappa shape index (κ3) is 4.03. The van der Waals surface area contributed by atoms with Gasteiger partial charge in [0.25, 0.3) is 0 Å². The lowest BCUT2D eigenvalue weighted by molar-refractivity contribution is 0.103. The third-order valence-corrected chi connectivity index (χ3v) is 6.82. The number of ketones is 1. The summed E-state index contributed by atoms with van der Waals surface area (Å²) < 4.78 is 7.60. The number of carbonyl (C=O) groups excluding carboxylic acids is 1. The maximum Gasteiger partial charge on any atom is 0.214 e. The van der Waals surface area contributed by atoms with E-state index >= 15 is 0 Å². The lowest BCUT2D eigenvalue weighted by atomic mass is 10.0. The molecule has 0 saturated heterocycles. The molecule has 5 rings (SSSR count). The van der Waals surface area contributed by atoms with Crippen LogP contribution in [0.4, 0.5) is 0 Å². The van der Waals surface area contributed by atoms with Crippen LogP contribution in [0.15, 0.2) is 72.4 Å². The van der Waals surface area contributed by atoms with Gasteiger partial charge in [-0.25, -0.2) is 4.98 Å². The molecule has 0 radical (unpaired) electrons. The fourth-order valence-corrected chi connectivity index (χ4v) is 4.92. The number of aromatic nitrogens is 3. The molecule has 0 aliphatic rings. The van der Waals surface area contributed by atoms with E-state index in [9.17, 15) is 4.79 Å². The Morgan fingerprint density at radius 1 is 1.09 bits per heavy atom. The van der Waals surface area contributed by atoms with Gasteiger partial charge < -0.3 is 9.30 Å². The third-order valence-electron chi connectivity index (χ3n) is 5.68. The summed E-state index contributed by atoms with van der Waals surface area (Å²) in [6, 6.07) is 17.4. The molecule has 0 saturated carbocycles. The second-order valence-corrected chi connectivity index (χ2v) is 8.95. The molecule has 0 aliphatic carbocycles. The molecule has 0 amide bonds. The van der Waals surface area contributed by atoms with Crippen molar-refractivity contribution in [2.24, 2.45) is 0 Å². The topological polar surface area (TPSA) is 57.0 Å². The number of hydrogen-bond acceptors (Lipinski definition) is 5. The van der Waals surface area contributed by atoms with Crippen molar-refractivity contribution in [2.45, 2.75) is 13.5 Å². The SMILES string of the molecule is COc1ccc2c(c1)c(C(=O)c1csc(-c3ccncc3)n1)c(C)n2Cc1ccc(Cl)cc1. The Bertz CT molecular complexity index is 1460. The van der Waals surface area contributed by atoms with Crippen LogP contribution in [-0.2, 0) is 6.54 Å². The Hall–Kier alpha value is -3.48. The number of fused-ring (bicyclic) bond motifs is 1. The van der Waals surface area contributed by atoms with Crippen molar-refractivity contribution in [1.29, 1.82) is 0 Å². The highest BCUT2D eigenvalue weighted by molar-refractivity contribution is 7.13. The first kappa shape index (κ1) is 21.4. The molecule has 2 aromatic carbocycles. The van der Waals surface area contributed by atoms with Gasteiger partial charge in [-0.05, 0) is 55.0 Å². The van der Waals surface area contributed by atoms with Gasteiger partial charge in [-0.15, -0.1) is 11.3 Å². The molecule has 0 atom stereocenters. The molecule has 3 heterocycles. The summed E-state index contributed by atoms with van der Waals surface area (Å²) >= 11 is 7.51. The fraction of sp³-hybridized carbons (Fsp3) is 0.115. The lowest BCUT2D eigenvalue weighted by Gasteiger charge is -2.09. The largest absolute Gasteiger partial charge is 0.497 e. The van der Waals surface area contributed by atoms with Crippen LogP contribution in [0.1, 0.15) is 27.3 Å². The maximum atomic E-state index is 13.7. The average Bonchev–Trinajstić information content (AvgIpc) is 3.44. The zero-order chi connectivity index (χ0) is 22.9. The number of methoxy groups -OCH3 is 1. The van der Waals surface area contributed by atoms with Gasteiger partial charge in [0.15, 0.2) is 0 Å². The molecule has 7 heteroatoms. The van der Waals surface area contributed by atoms with Crippen molar-refractivity contribution in [3.8, 4) is 16.3 Å². The summed E-state index contributed by atoms with van der Waals surface area (Å²) in [5.41, 5.74) is 4.97. The lowest BCUT2D eigenvalue weighted by Crippen LogP contribution is -2.06. The van der Waals surface area contributed by atoms with Crippen LogP contribution in [-0.4, -0.2) is 27.4 Å². The highest BCUT2D eigenvalue weighted by atomic mass is 35.5. The van der Waals surface area contributed by atoms with E-state index in [1.807, 2.05) is 66.9 Å². The first-order valence-electron chi connectivity index (χ1n) is 10.4. The Morgan fingerprint density at radius 2 is 1.85 bits per heavy atom. The van der Waals surface area contributed by atoms with Crippen molar-refractivity contribution in [1.82, 2.24) is 14.5 Å². The minimum atomic E-state index is -0.0998. The number of pyridine rings is 1. The van der Waals surface area contributed by atoms with Crippen LogP contribution in [0.5, 0.6) is 5.75 Å². The Morgan fingerprint density at radius 3 is 2.58 bits per heavy atom. The molecular weight excluding hydrogens is 454 g/mol. The molecule has 33 heavy (non-hydrogen) atoms. The molecule has 5 nitrogen and oxygen atoms in total. The zero-order valence-corrected chi connectivity index (χ0v) is 19.7. The summed E-state index contributed by atoms with van der Waals surface area (Å²) in [6.45, 7) is 2.60. The molecule has 0 aliphatic heterocycles. The summed E-state index contributed by atoms with van der Waals surface area (Å²) in [4.78, 5) is 22.4. The van der Waals surface area contributed by atoms with Crippen LogP contribution in [0.2, 0.25) is 5.02 Å². The first-order valence-corrected chi connectivity index (χ1v) is 11.6. The zero-order valence-electron chi connectivity index (χ0n) is 18.1. The van der Waals surface area contributed by atoms with Crippen molar-refractivity contribution in [2.75, 3.05) is 7.11 Å². The fourth-order valence-electron chi connectivity index (χ4n) is 3.98. The molecule has 0 fully saturated rings. The molecule has 0 unspecified atom stereocenters. The number of thiazole rings is 1. The van der Waals surface area contributed by atoms with E-state index in [0.29, 0.717) is 28.6 Å². The maximum absolute atomic E-state index is 13.7. The van der Waals surface area contributed by atoms with Gasteiger partial charge >= 0.3 is 0 Å². The standard InChI is InChI=1S/C26H20ClN3O2S/c1-16-24(25(31)22-15-33-26(29-22)18-9-11-28-12-10-18)21-13-20(32-2)7-8-23(21)30(16)14-17-3-5-19(27)6-4-17/h3-13,15H,14H2,1-2H3. The predicted octanol–water partition coefficient (Wildman–Crippen LogP) is 6.41. The number of rotatable bonds is 6. The van der Waals surface area contributed by atoms with Gasteiger partial charge in [-0.2, -0.15) is 0 Å². The number of benzene rings is 2. The van der Waals surface area contributed by atoms with E-state index in [4.69, 9.17) is 16.3 Å². The predicted molar refractivity (Wildman–Crippen MR) is 133 cm³/mol. The highest BCUT2D eigenvalue weighted by Crippen LogP contribution is 2.33. The monoisotopic (exact) mass is 473 g/mol. The van der Waals surface area contributed by atoms with E-state index in [0.717, 1.165) is 32.7 Å². The van der Waals surface area contributed by atoms with Gasteiger partial charge in [-0.1, -0.05) is 23.7 Å². The van der Waals surface area contributed by atoms with Crippen molar-refractivity contribution < 1.29 is 9.53 Å². The van der Waals surface area contributed by atoms with Gasteiger partial charge in [0, 0.05) is 51.5 Å². The van der Waals surface area contributed by atoms with Crippen molar-refractivity contribution in [3.05, 3.63) is 99.9 Å². The van der Waals surface area contributed by atoms with E-state index < -0.39 is 0 Å². The summed E-state index contributed by atoms with van der Waals surface area (Å²) in [6.07, 6.45) is 3.44. The van der Waals surface area contributed by atoms with Gasteiger partial charge in [-0.3, -0.25) is 9.78 Å². The van der Waals surface area contributed by atoms with Gasteiger partial charge in [0.05, 0.1) is 12.7 Å². The number of nitrogens with zero attached hydrogens (tertiary/aromatic N) is 3. The van der Waals surface area contributed by atoms with Gasteiger partial charge in [0.1, 0.15) is 16.5 Å². The van der Waals surface area contributed by atoms with Crippen molar-refractivity contribution in [3.63, 3.8) is 0 Å². The number of ether oxygens (including phenoxy) is 1. The van der Waals surface area contributed by atoms with E-state index in [-0.39, 0.29) is 5.78 Å². The summed E-state index contributed by atoms with van der Waals surface area (Å²) in [7, 11) is 1.63. The normalized spacial score (nSPS) is 11.1. The molecular formula is C26H20ClN3O2S. The summed E-state index contributed by atoms with van der Waals surface area (Å²) in [5, 5.41) is 4.16. The smallest absolute Gasteiger partial charge is 0.214 e. The average molecular weight is 474 g/mol. The molecule has 0 spiro atoms. The van der Waals surface area contributed by atoms with Gasteiger partial charge in [0.2, 0.25) is 5.78 Å². The van der Waals surface area contributed by atoms with E-state index in [1.54, 1.807) is 19.5 Å². The second kappa shape index (κ2) is 8.81. The van der Waals surface area contributed by atoms with E-state index in [2.05, 4.69) is 14.5 Å². The quantitative estimate of drug-likeness (QED) is 0.267. The Balaban J connectivity index is 1.61. The molecule has 3 aromatic heterocycles. The number of carbonyl (C=O) groups is 1. The minimum absolute atomic E-state index is 0.0998. The Kier molecular flexibility index (Phi) is 5.70. The second-order valence-electron chi connectivity index (χ2n) is 7.66. The van der Waals surface area contributed by atoms with Crippen LogP contribution >= 0.6 is 22.9 Å².